The number of imidazole rings is 1. The van der Waals surface area contributed by atoms with Crippen LogP contribution in [0.25, 0.3) is 16.9 Å². The molecule has 10 nitrogen and oxygen atoms in total. The number of aromatic amines is 1. The van der Waals surface area contributed by atoms with E-state index in [1.54, 1.807) is 47.1 Å². The average Bonchev–Trinajstić information content (AvgIpc) is 3.42. The summed E-state index contributed by atoms with van der Waals surface area (Å²) in [6.07, 6.45) is 1.57. The predicted molar refractivity (Wildman–Crippen MR) is 120 cm³/mol. The molecule has 168 valence electrons. The van der Waals surface area contributed by atoms with Crippen LogP contribution in [-0.4, -0.2) is 49.0 Å². The molecule has 0 saturated heterocycles. The average molecular weight is 447 g/mol. The lowest BCUT2D eigenvalue weighted by atomic mass is 10.1. The molecule has 0 spiro atoms. The zero-order chi connectivity index (χ0) is 23.5. The van der Waals surface area contributed by atoms with Gasteiger partial charge in [-0.25, -0.2) is 14.3 Å². The molecule has 0 radical (unpaired) electrons. The second kappa shape index (κ2) is 8.84. The molecule has 0 atom stereocenters. The Bertz CT molecular complexity index is 1360. The van der Waals surface area contributed by atoms with Crippen LogP contribution in [0.15, 0.2) is 42.6 Å². The van der Waals surface area contributed by atoms with Crippen LogP contribution in [0.4, 0.5) is 11.5 Å². The molecule has 0 aliphatic rings. The fraction of sp³-hybridized carbons (Fsp3) is 0.174. The van der Waals surface area contributed by atoms with Crippen LogP contribution < -0.4 is 19.5 Å². The molecule has 2 N–H and O–H groups in total. The van der Waals surface area contributed by atoms with Gasteiger partial charge >= 0.3 is 5.97 Å². The van der Waals surface area contributed by atoms with E-state index in [-0.39, 0.29) is 0 Å². The maximum Gasteiger partial charge on any atom is 0.337 e. The summed E-state index contributed by atoms with van der Waals surface area (Å²) in [5.41, 5.74) is 3.02. The lowest BCUT2D eigenvalue weighted by Crippen LogP contribution is -2.03. The third kappa shape index (κ3) is 3.76. The van der Waals surface area contributed by atoms with Gasteiger partial charge in [0.2, 0.25) is 5.75 Å². The largest absolute Gasteiger partial charge is 0.493 e. The van der Waals surface area contributed by atoms with E-state index in [9.17, 15) is 10.1 Å². The Kier molecular flexibility index (Phi) is 5.78. The number of nitriles is 1. The van der Waals surface area contributed by atoms with E-state index in [2.05, 4.69) is 16.5 Å². The number of aromatic nitrogens is 3. The SMILES string of the molecule is COC(=O)c1cccc(Nc2c(-c3cc(OC)c(OC)c(OC)c3)nc3c(C#N)c[nH]n23)c1. The highest BCUT2D eigenvalue weighted by Crippen LogP contribution is 2.43. The highest BCUT2D eigenvalue weighted by molar-refractivity contribution is 5.91. The zero-order valence-corrected chi connectivity index (χ0v) is 18.4. The molecule has 0 bridgehead atoms. The fourth-order valence-corrected chi connectivity index (χ4v) is 3.52. The van der Waals surface area contributed by atoms with Gasteiger partial charge in [-0.3, -0.25) is 5.10 Å². The van der Waals surface area contributed by atoms with Crippen LogP contribution in [0.1, 0.15) is 15.9 Å². The molecule has 0 fully saturated rings. The summed E-state index contributed by atoms with van der Waals surface area (Å²) in [6, 6.07) is 12.5. The van der Waals surface area contributed by atoms with Crippen molar-refractivity contribution in [2.45, 2.75) is 0 Å². The van der Waals surface area contributed by atoms with Gasteiger partial charge in [0.05, 0.1) is 34.0 Å². The Morgan fingerprint density at radius 2 is 1.82 bits per heavy atom. The molecule has 2 aromatic heterocycles. The van der Waals surface area contributed by atoms with E-state index in [0.717, 1.165) is 0 Å². The number of rotatable bonds is 7. The van der Waals surface area contributed by atoms with Gasteiger partial charge in [0, 0.05) is 17.4 Å². The number of hydrogen-bond donors (Lipinski definition) is 2. The van der Waals surface area contributed by atoms with Crippen LogP contribution in [0.5, 0.6) is 17.2 Å². The molecular formula is C23H21N5O5. The first-order chi connectivity index (χ1) is 16.0. The van der Waals surface area contributed by atoms with Crippen LogP contribution >= 0.6 is 0 Å². The quantitative estimate of drug-likeness (QED) is 0.411. The van der Waals surface area contributed by atoms with Crippen LogP contribution in [-0.2, 0) is 4.74 Å². The standard InChI is InChI=1S/C23H21N5O5/c1-30-17-9-14(10-18(31-2)20(17)32-3)19-22(28-21(27-19)15(11-24)12-25-28)26-16-7-5-6-13(8-16)23(29)33-4/h5-10,12,25-26H,1-4H3. The Morgan fingerprint density at radius 1 is 1.09 bits per heavy atom. The maximum atomic E-state index is 12.0. The molecule has 0 aliphatic carbocycles. The van der Waals surface area contributed by atoms with Crippen molar-refractivity contribution in [2.75, 3.05) is 33.8 Å². The van der Waals surface area contributed by atoms with E-state index in [1.807, 2.05) is 0 Å². The van der Waals surface area contributed by atoms with Gasteiger partial charge in [0.25, 0.3) is 0 Å². The van der Waals surface area contributed by atoms with Gasteiger partial charge in [0.15, 0.2) is 23.0 Å². The van der Waals surface area contributed by atoms with Gasteiger partial charge in [-0.2, -0.15) is 5.26 Å². The number of nitrogens with zero attached hydrogens (tertiary/aromatic N) is 3. The number of esters is 1. The summed E-state index contributed by atoms with van der Waals surface area (Å²) in [5, 5.41) is 15.8. The number of carbonyl (C=O) groups excluding carboxylic acids is 1. The summed E-state index contributed by atoms with van der Waals surface area (Å²) < 4.78 is 22.9. The van der Waals surface area contributed by atoms with Crippen LogP contribution in [0, 0.1) is 11.3 Å². The van der Waals surface area contributed by atoms with Crippen molar-refractivity contribution in [3.63, 3.8) is 0 Å². The molecule has 33 heavy (non-hydrogen) atoms. The molecular weight excluding hydrogens is 426 g/mol. The van der Waals surface area contributed by atoms with Crippen molar-refractivity contribution in [1.29, 1.82) is 5.26 Å². The Hall–Kier alpha value is -4.65. The smallest absolute Gasteiger partial charge is 0.337 e. The monoisotopic (exact) mass is 447 g/mol. The van der Waals surface area contributed by atoms with E-state index >= 15 is 0 Å². The maximum absolute atomic E-state index is 12.0. The molecule has 0 amide bonds. The molecule has 4 rings (SSSR count). The van der Waals surface area contributed by atoms with E-state index in [0.29, 0.717) is 56.8 Å². The fourth-order valence-electron chi connectivity index (χ4n) is 3.52. The molecule has 0 aliphatic heterocycles. The molecule has 0 unspecified atom stereocenters. The number of hydrogen-bond acceptors (Lipinski definition) is 8. The van der Waals surface area contributed by atoms with Gasteiger partial charge in [-0.1, -0.05) is 6.07 Å². The van der Waals surface area contributed by atoms with Crippen molar-refractivity contribution >= 4 is 23.1 Å². The van der Waals surface area contributed by atoms with E-state index in [1.165, 1.54) is 28.4 Å². The van der Waals surface area contributed by atoms with Gasteiger partial charge < -0.3 is 24.3 Å². The molecule has 2 heterocycles. The number of benzene rings is 2. The number of anilines is 2. The minimum Gasteiger partial charge on any atom is -0.493 e. The number of nitrogens with one attached hydrogen (secondary N) is 2. The molecule has 10 heteroatoms. The van der Waals surface area contributed by atoms with Gasteiger partial charge in [0.1, 0.15) is 17.3 Å². The van der Waals surface area contributed by atoms with E-state index < -0.39 is 5.97 Å². The number of carbonyl (C=O) groups is 1. The summed E-state index contributed by atoms with van der Waals surface area (Å²) in [6.45, 7) is 0. The topological polar surface area (TPSA) is 123 Å². The van der Waals surface area contributed by atoms with Crippen molar-refractivity contribution < 1.29 is 23.7 Å². The van der Waals surface area contributed by atoms with Crippen LogP contribution in [0.2, 0.25) is 0 Å². The first-order valence-corrected chi connectivity index (χ1v) is 9.80. The highest BCUT2D eigenvalue weighted by atomic mass is 16.5. The first kappa shape index (κ1) is 21.6. The van der Waals surface area contributed by atoms with Crippen LogP contribution in [0.3, 0.4) is 0 Å². The number of fused-ring (bicyclic) bond motifs is 1. The Morgan fingerprint density at radius 3 is 2.42 bits per heavy atom. The number of H-pyrrole nitrogens is 1. The Balaban J connectivity index is 1.91. The van der Waals surface area contributed by atoms with Crippen molar-refractivity contribution in [2.24, 2.45) is 0 Å². The van der Waals surface area contributed by atoms with Gasteiger partial charge in [-0.15, -0.1) is 0 Å². The lowest BCUT2D eigenvalue weighted by molar-refractivity contribution is 0.0601. The summed E-state index contributed by atoms with van der Waals surface area (Å²) >= 11 is 0. The van der Waals surface area contributed by atoms with Crippen molar-refractivity contribution in [3.8, 4) is 34.6 Å². The second-order valence-electron chi connectivity index (χ2n) is 6.88. The second-order valence-corrected chi connectivity index (χ2v) is 6.88. The summed E-state index contributed by atoms with van der Waals surface area (Å²) in [4.78, 5) is 16.7. The van der Waals surface area contributed by atoms with Crippen molar-refractivity contribution in [3.05, 3.63) is 53.7 Å². The summed E-state index contributed by atoms with van der Waals surface area (Å²) in [5.74, 6) is 1.47. The molecule has 4 aromatic rings. The predicted octanol–water partition coefficient (Wildman–Crippen LogP) is 3.76. The number of ether oxygens (including phenoxy) is 4. The molecule has 0 saturated carbocycles. The lowest BCUT2D eigenvalue weighted by Gasteiger charge is -2.14. The third-order valence-corrected chi connectivity index (χ3v) is 5.06. The third-order valence-electron chi connectivity index (χ3n) is 5.06. The van der Waals surface area contributed by atoms with Crippen molar-refractivity contribution in [1.82, 2.24) is 14.6 Å². The normalized spacial score (nSPS) is 10.5. The van der Waals surface area contributed by atoms with Gasteiger partial charge in [-0.05, 0) is 30.3 Å². The van der Waals surface area contributed by atoms with E-state index in [4.69, 9.17) is 23.9 Å². The minimum atomic E-state index is -0.450. The number of methoxy groups -OCH3 is 4. The highest BCUT2D eigenvalue weighted by Gasteiger charge is 2.22. The zero-order valence-electron chi connectivity index (χ0n) is 18.4. The minimum absolute atomic E-state index is 0.375. The Labute approximate surface area is 189 Å². The molecule has 2 aromatic carbocycles. The first-order valence-electron chi connectivity index (χ1n) is 9.80. The summed E-state index contributed by atoms with van der Waals surface area (Å²) in [7, 11) is 5.92.